The van der Waals surface area contributed by atoms with Crippen molar-refractivity contribution in [3.8, 4) is 0 Å². The summed E-state index contributed by atoms with van der Waals surface area (Å²) in [6.07, 6.45) is 15.1. The Morgan fingerprint density at radius 2 is 1.04 bits per heavy atom. The molecule has 1 saturated carbocycles. The van der Waals surface area contributed by atoms with Crippen molar-refractivity contribution in [1.82, 2.24) is 0 Å². The smallest absolute Gasteiger partial charge is 0.233 e. The second-order valence-electron chi connectivity index (χ2n) is 8.35. The fourth-order valence-electron chi connectivity index (χ4n) is 3.52. The van der Waals surface area contributed by atoms with Gasteiger partial charge in [-0.2, -0.15) is 9.78 Å². The molecule has 2 fully saturated rings. The van der Waals surface area contributed by atoms with Gasteiger partial charge in [0.2, 0.25) is 5.79 Å². The van der Waals surface area contributed by atoms with Crippen LogP contribution in [0, 0.1) is 0 Å². The van der Waals surface area contributed by atoms with Crippen LogP contribution >= 0.6 is 22.6 Å². The van der Waals surface area contributed by atoms with Gasteiger partial charge in [0, 0.05) is 23.7 Å². The van der Waals surface area contributed by atoms with Crippen molar-refractivity contribution in [3.05, 3.63) is 0 Å². The Hall–Kier alpha value is 0.490. The van der Waals surface area contributed by atoms with Crippen LogP contribution in [0.2, 0.25) is 0 Å². The van der Waals surface area contributed by atoms with Crippen molar-refractivity contribution in [2.75, 3.05) is 24.2 Å². The molecule has 1 heterocycles. The quantitative estimate of drug-likeness (QED) is 0.236. The Morgan fingerprint density at radius 3 is 1.57 bits per heavy atom. The third kappa shape index (κ3) is 10.00. The van der Waals surface area contributed by atoms with Gasteiger partial charge in [-0.3, -0.25) is 0 Å². The average molecular weight is 514 g/mol. The maximum absolute atomic E-state index is 5.91. The molecule has 166 valence electrons. The summed E-state index contributed by atoms with van der Waals surface area (Å²) in [6, 6.07) is 0. The molecule has 1 unspecified atom stereocenters. The Balaban J connectivity index is 1.97. The fourth-order valence-corrected chi connectivity index (χ4v) is 4.03. The van der Waals surface area contributed by atoms with Crippen LogP contribution in [0.15, 0.2) is 0 Å². The predicted octanol–water partition coefficient (Wildman–Crippen LogP) is 6.21. The molecule has 7 heteroatoms. The van der Waals surface area contributed by atoms with Crippen LogP contribution in [0.1, 0.15) is 96.8 Å². The first-order chi connectivity index (χ1) is 13.7. The third-order valence-corrected chi connectivity index (χ3v) is 7.11. The molecule has 0 bridgehead atoms. The summed E-state index contributed by atoms with van der Waals surface area (Å²) in [7, 11) is 0. The summed E-state index contributed by atoms with van der Waals surface area (Å²) in [5.74, 6) is -0.804. The van der Waals surface area contributed by atoms with E-state index in [0.29, 0.717) is 26.2 Å². The third-order valence-electron chi connectivity index (χ3n) is 5.50. The molecule has 28 heavy (non-hydrogen) atoms. The van der Waals surface area contributed by atoms with Crippen LogP contribution in [-0.2, 0) is 29.3 Å². The highest BCUT2D eigenvalue weighted by Crippen LogP contribution is 2.31. The van der Waals surface area contributed by atoms with Gasteiger partial charge in [-0.1, -0.05) is 67.5 Å². The standard InChI is InChI=1S/C21H39IO6/c1-20(19-22)15-18-25-28-21(27-24-17-12-11-16-23-26-20)13-9-7-5-3-2-4-6-8-10-14-21/h2-19H2,1H3. The number of hydrogen-bond acceptors (Lipinski definition) is 6. The van der Waals surface area contributed by atoms with Gasteiger partial charge in [0.05, 0.1) is 19.8 Å². The molecular formula is C21H39IO6. The van der Waals surface area contributed by atoms with Crippen molar-refractivity contribution in [2.24, 2.45) is 0 Å². The van der Waals surface area contributed by atoms with Crippen molar-refractivity contribution < 1.29 is 29.3 Å². The largest absolute Gasteiger partial charge is 0.236 e. The SMILES string of the molecule is CC1(CI)CCOOC2(CCCCCCCCCCC2)OOCCCCOO1. The van der Waals surface area contributed by atoms with Crippen molar-refractivity contribution in [3.63, 3.8) is 0 Å². The molecule has 2 aliphatic rings. The van der Waals surface area contributed by atoms with Gasteiger partial charge in [0.15, 0.2) is 0 Å². The van der Waals surface area contributed by atoms with E-state index in [2.05, 4.69) is 22.6 Å². The molecule has 0 radical (unpaired) electrons. The summed E-state index contributed by atoms with van der Waals surface area (Å²) in [5.41, 5.74) is -0.384. The molecule has 1 saturated heterocycles. The van der Waals surface area contributed by atoms with E-state index in [1.807, 2.05) is 6.92 Å². The van der Waals surface area contributed by atoms with Gasteiger partial charge in [-0.25, -0.2) is 19.6 Å². The summed E-state index contributed by atoms with van der Waals surface area (Å²) in [5, 5.41) is 0. The molecular weight excluding hydrogens is 475 g/mol. The minimum absolute atomic E-state index is 0.384. The number of alkyl halides is 1. The van der Waals surface area contributed by atoms with Gasteiger partial charge in [0.1, 0.15) is 5.60 Å². The lowest BCUT2D eigenvalue weighted by Crippen LogP contribution is -2.38. The van der Waals surface area contributed by atoms with Gasteiger partial charge in [-0.15, -0.1) is 0 Å². The highest BCUT2D eigenvalue weighted by atomic mass is 127. The monoisotopic (exact) mass is 514 g/mol. The van der Waals surface area contributed by atoms with Crippen LogP contribution in [0.25, 0.3) is 0 Å². The van der Waals surface area contributed by atoms with Gasteiger partial charge in [-0.05, 0) is 32.6 Å². The van der Waals surface area contributed by atoms with Crippen LogP contribution in [0.4, 0.5) is 0 Å². The summed E-state index contributed by atoms with van der Waals surface area (Å²) < 4.78 is 0.818. The minimum atomic E-state index is -0.804. The predicted molar refractivity (Wildman–Crippen MR) is 116 cm³/mol. The summed E-state index contributed by atoms with van der Waals surface area (Å²) in [6.45, 7) is 3.53. The Kier molecular flexibility index (Phi) is 12.8. The van der Waals surface area contributed by atoms with Crippen LogP contribution in [-0.4, -0.2) is 35.6 Å². The lowest BCUT2D eigenvalue weighted by Gasteiger charge is -2.32. The molecule has 1 aliphatic heterocycles. The van der Waals surface area contributed by atoms with E-state index in [1.54, 1.807) is 0 Å². The van der Waals surface area contributed by atoms with Crippen molar-refractivity contribution >= 4 is 22.6 Å². The normalized spacial score (nSPS) is 30.6. The molecule has 6 nitrogen and oxygen atoms in total. The molecule has 0 aromatic heterocycles. The van der Waals surface area contributed by atoms with Crippen molar-refractivity contribution in [1.29, 1.82) is 0 Å². The first kappa shape index (κ1) is 24.8. The number of rotatable bonds is 1. The van der Waals surface area contributed by atoms with Crippen LogP contribution < -0.4 is 0 Å². The highest BCUT2D eigenvalue weighted by Gasteiger charge is 2.36. The van der Waals surface area contributed by atoms with Gasteiger partial charge in [0.25, 0.3) is 0 Å². The Bertz CT molecular complexity index is 385. The maximum atomic E-state index is 5.91. The van der Waals surface area contributed by atoms with Crippen molar-refractivity contribution in [2.45, 2.75) is 108 Å². The molecule has 0 aromatic carbocycles. The molecule has 1 spiro atoms. The molecule has 0 N–H and O–H groups in total. The zero-order valence-corrected chi connectivity index (χ0v) is 19.7. The van der Waals surface area contributed by atoms with Gasteiger partial charge >= 0.3 is 0 Å². The fraction of sp³-hybridized carbons (Fsp3) is 1.00. The molecule has 0 amide bonds. The van der Waals surface area contributed by atoms with E-state index < -0.39 is 5.79 Å². The molecule has 1 atom stereocenters. The first-order valence-corrected chi connectivity index (χ1v) is 12.7. The van der Waals surface area contributed by atoms with E-state index in [1.165, 1.54) is 44.9 Å². The highest BCUT2D eigenvalue weighted by molar-refractivity contribution is 14.1. The minimum Gasteiger partial charge on any atom is -0.236 e. The number of halogens is 1. The molecule has 1 aliphatic carbocycles. The van der Waals surface area contributed by atoms with E-state index in [0.717, 1.165) is 43.0 Å². The Labute approximate surface area is 184 Å². The zero-order chi connectivity index (χ0) is 20.0. The van der Waals surface area contributed by atoms with E-state index in [-0.39, 0.29) is 5.60 Å². The number of hydrogen-bond donors (Lipinski definition) is 0. The average Bonchev–Trinajstić information content (AvgIpc) is 2.69. The molecule has 0 aromatic rings. The maximum Gasteiger partial charge on any atom is 0.233 e. The topological polar surface area (TPSA) is 55.4 Å². The Morgan fingerprint density at radius 1 is 0.571 bits per heavy atom. The van der Waals surface area contributed by atoms with E-state index in [4.69, 9.17) is 29.3 Å². The molecule has 2 rings (SSSR count). The zero-order valence-electron chi connectivity index (χ0n) is 17.6. The van der Waals surface area contributed by atoms with E-state index >= 15 is 0 Å². The van der Waals surface area contributed by atoms with Crippen LogP contribution in [0.3, 0.4) is 0 Å². The summed E-state index contributed by atoms with van der Waals surface area (Å²) >= 11 is 2.32. The second-order valence-corrected chi connectivity index (χ2v) is 9.11. The lowest BCUT2D eigenvalue weighted by molar-refractivity contribution is -0.516. The van der Waals surface area contributed by atoms with E-state index in [9.17, 15) is 0 Å². The second kappa shape index (κ2) is 14.5. The van der Waals surface area contributed by atoms with Crippen LogP contribution in [0.5, 0.6) is 0 Å². The summed E-state index contributed by atoms with van der Waals surface area (Å²) in [4.78, 5) is 34.0. The lowest BCUT2D eigenvalue weighted by atomic mass is 9.97. The first-order valence-electron chi connectivity index (χ1n) is 11.2. The van der Waals surface area contributed by atoms with Gasteiger partial charge < -0.3 is 0 Å².